The van der Waals surface area contributed by atoms with Gasteiger partial charge in [0.15, 0.2) is 0 Å². The fraction of sp³-hybridized carbons (Fsp3) is 0.130. The largest absolute Gasteiger partial charge is 0.494 e. The van der Waals surface area contributed by atoms with E-state index in [0.29, 0.717) is 23.1 Å². The van der Waals surface area contributed by atoms with Gasteiger partial charge in [-0.2, -0.15) is 5.10 Å². The maximum absolute atomic E-state index is 13.4. The van der Waals surface area contributed by atoms with E-state index in [0.717, 1.165) is 14.3 Å². The number of halogens is 2. The summed E-state index contributed by atoms with van der Waals surface area (Å²) in [5.74, 6) is -0.0131. The molecule has 0 aliphatic heterocycles. The van der Waals surface area contributed by atoms with E-state index < -0.39 is 22.5 Å². The lowest BCUT2D eigenvalue weighted by Gasteiger charge is -2.24. The number of hydrogen-bond donors (Lipinski definition) is 1. The van der Waals surface area contributed by atoms with E-state index >= 15 is 0 Å². The molecular formula is C23H21BrClN3O4S. The van der Waals surface area contributed by atoms with Crippen LogP contribution in [0.25, 0.3) is 0 Å². The summed E-state index contributed by atoms with van der Waals surface area (Å²) in [6.45, 7) is 1.85. The number of anilines is 1. The number of carbonyl (C=O) groups is 1. The maximum Gasteiger partial charge on any atom is 0.264 e. The molecule has 7 nitrogen and oxygen atoms in total. The summed E-state index contributed by atoms with van der Waals surface area (Å²) in [7, 11) is -4.06. The molecular weight excluding hydrogens is 530 g/mol. The molecule has 3 rings (SSSR count). The molecule has 0 unspecified atom stereocenters. The summed E-state index contributed by atoms with van der Waals surface area (Å²) in [4.78, 5) is 12.6. The van der Waals surface area contributed by atoms with Crippen LogP contribution in [-0.2, 0) is 14.8 Å². The molecule has 0 aliphatic carbocycles. The van der Waals surface area contributed by atoms with Crippen molar-refractivity contribution in [3.63, 3.8) is 0 Å². The van der Waals surface area contributed by atoms with E-state index in [1.165, 1.54) is 30.5 Å². The van der Waals surface area contributed by atoms with Crippen molar-refractivity contribution in [3.8, 4) is 5.75 Å². The zero-order valence-corrected chi connectivity index (χ0v) is 20.8. The number of hydrazone groups is 1. The number of amides is 1. The summed E-state index contributed by atoms with van der Waals surface area (Å²) in [5.41, 5.74) is 3.45. The number of carbonyl (C=O) groups excluding carboxylic acids is 1. The summed E-state index contributed by atoms with van der Waals surface area (Å²) in [6, 6.07) is 19.5. The second-order valence-electron chi connectivity index (χ2n) is 6.74. The first kappa shape index (κ1) is 24.8. The minimum Gasteiger partial charge on any atom is -0.494 e. The Balaban J connectivity index is 1.84. The molecule has 0 saturated carbocycles. The molecule has 0 atom stereocenters. The van der Waals surface area contributed by atoms with E-state index in [1.54, 1.807) is 24.3 Å². The first-order chi connectivity index (χ1) is 15.8. The Bertz CT molecular complexity index is 1230. The first-order valence-electron chi connectivity index (χ1n) is 9.88. The van der Waals surface area contributed by atoms with E-state index in [-0.39, 0.29) is 4.90 Å². The molecule has 0 aliphatic rings. The van der Waals surface area contributed by atoms with E-state index in [2.05, 4.69) is 26.5 Å². The van der Waals surface area contributed by atoms with Crippen LogP contribution in [0, 0.1) is 0 Å². The van der Waals surface area contributed by atoms with Gasteiger partial charge >= 0.3 is 0 Å². The van der Waals surface area contributed by atoms with Crippen LogP contribution < -0.4 is 14.5 Å². The molecule has 3 aromatic carbocycles. The number of benzene rings is 3. The number of nitrogens with one attached hydrogen (secondary N) is 1. The molecule has 0 heterocycles. The monoisotopic (exact) mass is 549 g/mol. The second-order valence-corrected chi connectivity index (χ2v) is 9.96. The van der Waals surface area contributed by atoms with E-state index in [1.807, 2.05) is 31.2 Å². The zero-order chi connectivity index (χ0) is 23.8. The SMILES string of the molecule is CCOc1ccc(N(CC(=O)N/N=C\c2cccc(Br)c2)S(=O)(=O)c2ccc(Cl)cc2)cc1. The van der Waals surface area contributed by atoms with Crippen LogP contribution in [0.15, 0.2) is 87.3 Å². The van der Waals surface area contributed by atoms with Gasteiger partial charge in [0.1, 0.15) is 12.3 Å². The minimum absolute atomic E-state index is 0.00576. The molecule has 1 N–H and O–H groups in total. The first-order valence-corrected chi connectivity index (χ1v) is 12.5. The molecule has 0 aromatic heterocycles. The van der Waals surface area contributed by atoms with Gasteiger partial charge in [0.05, 0.1) is 23.4 Å². The van der Waals surface area contributed by atoms with Crippen molar-refractivity contribution in [3.05, 3.63) is 87.9 Å². The fourth-order valence-electron chi connectivity index (χ4n) is 2.86. The quantitative estimate of drug-likeness (QED) is 0.305. The zero-order valence-electron chi connectivity index (χ0n) is 17.6. The van der Waals surface area contributed by atoms with Crippen molar-refractivity contribution in [2.75, 3.05) is 17.5 Å². The van der Waals surface area contributed by atoms with E-state index in [4.69, 9.17) is 16.3 Å². The number of hydrogen-bond acceptors (Lipinski definition) is 5. The Hall–Kier alpha value is -2.88. The van der Waals surface area contributed by atoms with Crippen LogP contribution in [0.1, 0.15) is 12.5 Å². The van der Waals surface area contributed by atoms with E-state index in [9.17, 15) is 13.2 Å². The van der Waals surface area contributed by atoms with Crippen LogP contribution in [-0.4, -0.2) is 33.7 Å². The lowest BCUT2D eigenvalue weighted by Crippen LogP contribution is -2.39. The van der Waals surface area contributed by atoms with Crippen molar-refractivity contribution in [2.24, 2.45) is 5.10 Å². The third-order valence-electron chi connectivity index (χ3n) is 4.38. The predicted octanol–water partition coefficient (Wildman–Crippen LogP) is 4.85. The number of sulfonamides is 1. The van der Waals surface area contributed by atoms with Crippen LogP contribution >= 0.6 is 27.5 Å². The van der Waals surface area contributed by atoms with Gasteiger partial charge in [0, 0.05) is 9.50 Å². The lowest BCUT2D eigenvalue weighted by atomic mass is 10.2. The molecule has 172 valence electrons. The molecule has 10 heteroatoms. The number of nitrogens with zero attached hydrogens (tertiary/aromatic N) is 2. The van der Waals surface area contributed by atoms with Crippen molar-refractivity contribution >= 4 is 55.4 Å². The summed E-state index contributed by atoms with van der Waals surface area (Å²) in [5, 5.41) is 4.33. The molecule has 0 spiro atoms. The average Bonchev–Trinajstić information content (AvgIpc) is 2.79. The summed E-state index contributed by atoms with van der Waals surface area (Å²) in [6.07, 6.45) is 1.47. The van der Waals surface area contributed by atoms with Gasteiger partial charge in [0.25, 0.3) is 15.9 Å². The van der Waals surface area contributed by atoms with Gasteiger partial charge in [-0.25, -0.2) is 13.8 Å². The minimum atomic E-state index is -4.06. The maximum atomic E-state index is 13.4. The summed E-state index contributed by atoms with van der Waals surface area (Å²) >= 11 is 9.27. The van der Waals surface area contributed by atoms with Gasteiger partial charge in [-0.15, -0.1) is 0 Å². The summed E-state index contributed by atoms with van der Waals surface area (Å²) < 4.78 is 34.0. The molecule has 0 bridgehead atoms. The normalized spacial score (nSPS) is 11.4. The Labute approximate surface area is 206 Å². The standard InChI is InChI=1S/C23H21BrClN3O4S/c1-2-32-21-10-8-20(9-11-21)28(33(30,31)22-12-6-19(25)7-13-22)16-23(29)27-26-15-17-4-3-5-18(24)14-17/h3-15H,2,16H2,1H3,(H,27,29)/b26-15-. The number of ether oxygens (including phenoxy) is 1. The molecule has 1 amide bonds. The Morgan fingerprint density at radius 3 is 2.45 bits per heavy atom. The highest BCUT2D eigenvalue weighted by atomic mass is 79.9. The Morgan fingerprint density at radius 2 is 1.82 bits per heavy atom. The Morgan fingerprint density at radius 1 is 1.12 bits per heavy atom. The second kappa shape index (κ2) is 11.3. The molecule has 0 saturated heterocycles. The highest BCUT2D eigenvalue weighted by molar-refractivity contribution is 9.10. The van der Waals surface area contributed by atoms with Crippen LogP contribution in [0.5, 0.6) is 5.75 Å². The van der Waals surface area contributed by atoms with Crippen LogP contribution in [0.4, 0.5) is 5.69 Å². The highest BCUT2D eigenvalue weighted by Gasteiger charge is 2.27. The van der Waals surface area contributed by atoms with Gasteiger partial charge in [-0.3, -0.25) is 9.10 Å². The van der Waals surface area contributed by atoms with Crippen molar-refractivity contribution in [1.29, 1.82) is 0 Å². The van der Waals surface area contributed by atoms with Crippen molar-refractivity contribution < 1.29 is 17.9 Å². The third kappa shape index (κ3) is 6.80. The lowest BCUT2D eigenvalue weighted by molar-refractivity contribution is -0.119. The molecule has 33 heavy (non-hydrogen) atoms. The smallest absolute Gasteiger partial charge is 0.264 e. The highest BCUT2D eigenvalue weighted by Crippen LogP contribution is 2.26. The average molecular weight is 551 g/mol. The van der Waals surface area contributed by atoms with Crippen LogP contribution in [0.3, 0.4) is 0 Å². The topological polar surface area (TPSA) is 88.1 Å². The predicted molar refractivity (Wildman–Crippen MR) is 133 cm³/mol. The van der Waals surface area contributed by atoms with Crippen LogP contribution in [0.2, 0.25) is 5.02 Å². The molecule has 0 radical (unpaired) electrons. The molecule has 3 aromatic rings. The van der Waals surface area contributed by atoms with Gasteiger partial charge in [0.2, 0.25) is 0 Å². The third-order valence-corrected chi connectivity index (χ3v) is 6.91. The van der Waals surface area contributed by atoms with Crippen molar-refractivity contribution in [1.82, 2.24) is 5.43 Å². The van der Waals surface area contributed by atoms with Gasteiger partial charge in [-0.05, 0) is 73.2 Å². The fourth-order valence-corrected chi connectivity index (χ4v) is 4.82. The van der Waals surface area contributed by atoms with Gasteiger partial charge < -0.3 is 4.74 Å². The molecule has 0 fully saturated rings. The van der Waals surface area contributed by atoms with Crippen molar-refractivity contribution in [2.45, 2.75) is 11.8 Å². The Kier molecular flexibility index (Phi) is 8.49. The number of rotatable bonds is 9. The van der Waals surface area contributed by atoms with Gasteiger partial charge in [-0.1, -0.05) is 39.7 Å².